The van der Waals surface area contributed by atoms with Crippen LogP contribution in [0.1, 0.15) is 0 Å². The van der Waals surface area contributed by atoms with Gasteiger partial charge >= 0.3 is 0 Å². The van der Waals surface area contributed by atoms with Gasteiger partial charge in [-0.05, 0) is 0 Å². The van der Waals surface area contributed by atoms with Crippen molar-refractivity contribution in [2.45, 2.75) is 6.04 Å². The predicted molar refractivity (Wildman–Crippen MR) is 36.7 cm³/mol. The number of nitrogens with zero attached hydrogens (tertiary/aromatic N) is 2. The number of piperazine rings is 1. The van der Waals surface area contributed by atoms with Crippen molar-refractivity contribution < 1.29 is 0 Å². The van der Waals surface area contributed by atoms with Crippen LogP contribution in [-0.4, -0.2) is 43.5 Å². The number of rotatable bonds is 0. The molecule has 2 aliphatic rings. The number of nitrogens with one attached hydrogen (secondary N) is 1. The molecule has 0 amide bonds. The SMILES string of the molecule is C1=NCN2CCNCC12. The van der Waals surface area contributed by atoms with E-state index in [0.717, 1.165) is 26.3 Å². The monoisotopic (exact) mass is 125 g/mol. The Morgan fingerprint density at radius 1 is 1.67 bits per heavy atom. The quantitative estimate of drug-likeness (QED) is 0.463. The van der Waals surface area contributed by atoms with Crippen molar-refractivity contribution in [1.29, 1.82) is 0 Å². The second-order valence-corrected chi connectivity index (χ2v) is 2.56. The lowest BCUT2D eigenvalue weighted by molar-refractivity contribution is 0.232. The van der Waals surface area contributed by atoms with E-state index in [4.69, 9.17) is 0 Å². The highest BCUT2D eigenvalue weighted by atomic mass is 15.3. The topological polar surface area (TPSA) is 27.6 Å². The molecule has 0 aromatic heterocycles. The van der Waals surface area contributed by atoms with Crippen LogP contribution < -0.4 is 5.32 Å². The fourth-order valence-electron chi connectivity index (χ4n) is 1.36. The lowest BCUT2D eigenvalue weighted by Crippen LogP contribution is -2.49. The second kappa shape index (κ2) is 2.08. The third kappa shape index (κ3) is 0.862. The summed E-state index contributed by atoms with van der Waals surface area (Å²) in [5.74, 6) is 0. The zero-order chi connectivity index (χ0) is 6.10. The third-order valence-corrected chi connectivity index (χ3v) is 1.94. The molecule has 9 heavy (non-hydrogen) atoms. The van der Waals surface area contributed by atoms with Gasteiger partial charge in [-0.2, -0.15) is 0 Å². The number of hydrogen-bond donors (Lipinski definition) is 1. The normalized spacial score (nSPS) is 34.9. The molecule has 0 aromatic rings. The van der Waals surface area contributed by atoms with E-state index in [1.54, 1.807) is 0 Å². The molecule has 3 heteroatoms. The first-order chi connectivity index (χ1) is 4.47. The van der Waals surface area contributed by atoms with Gasteiger partial charge in [0.05, 0.1) is 12.7 Å². The van der Waals surface area contributed by atoms with E-state index >= 15 is 0 Å². The highest BCUT2D eigenvalue weighted by molar-refractivity contribution is 5.66. The molecular weight excluding hydrogens is 114 g/mol. The zero-order valence-electron chi connectivity index (χ0n) is 5.38. The molecule has 3 nitrogen and oxygen atoms in total. The summed E-state index contributed by atoms with van der Waals surface area (Å²) in [4.78, 5) is 6.57. The largest absolute Gasteiger partial charge is 0.314 e. The Morgan fingerprint density at radius 2 is 2.67 bits per heavy atom. The average molecular weight is 125 g/mol. The molecule has 0 spiro atoms. The third-order valence-electron chi connectivity index (χ3n) is 1.94. The molecule has 1 atom stereocenters. The summed E-state index contributed by atoms with van der Waals surface area (Å²) in [7, 11) is 0. The number of fused-ring (bicyclic) bond motifs is 1. The molecule has 1 N–H and O–H groups in total. The van der Waals surface area contributed by atoms with Crippen molar-refractivity contribution in [3.05, 3.63) is 0 Å². The first-order valence-corrected chi connectivity index (χ1v) is 3.41. The Labute approximate surface area is 54.8 Å². The molecule has 0 aliphatic carbocycles. The van der Waals surface area contributed by atoms with Gasteiger partial charge in [0.2, 0.25) is 0 Å². The van der Waals surface area contributed by atoms with Crippen LogP contribution in [0.25, 0.3) is 0 Å². The Hall–Kier alpha value is -0.410. The second-order valence-electron chi connectivity index (χ2n) is 2.56. The van der Waals surface area contributed by atoms with Crippen LogP contribution in [0, 0.1) is 0 Å². The van der Waals surface area contributed by atoms with Crippen molar-refractivity contribution >= 4 is 6.21 Å². The molecule has 0 aromatic carbocycles. The Morgan fingerprint density at radius 3 is 3.56 bits per heavy atom. The lowest BCUT2D eigenvalue weighted by Gasteiger charge is -2.27. The lowest BCUT2D eigenvalue weighted by atomic mass is 10.2. The van der Waals surface area contributed by atoms with Gasteiger partial charge in [-0.3, -0.25) is 9.89 Å². The summed E-state index contributed by atoms with van der Waals surface area (Å²) >= 11 is 0. The summed E-state index contributed by atoms with van der Waals surface area (Å²) in [5.41, 5.74) is 0. The van der Waals surface area contributed by atoms with Crippen molar-refractivity contribution in [2.24, 2.45) is 4.99 Å². The fourth-order valence-corrected chi connectivity index (χ4v) is 1.36. The van der Waals surface area contributed by atoms with Crippen LogP contribution in [-0.2, 0) is 0 Å². The minimum Gasteiger partial charge on any atom is -0.314 e. The average Bonchev–Trinajstić information content (AvgIpc) is 2.33. The van der Waals surface area contributed by atoms with E-state index < -0.39 is 0 Å². The van der Waals surface area contributed by atoms with E-state index in [1.165, 1.54) is 0 Å². The Balaban J connectivity index is 2.03. The van der Waals surface area contributed by atoms with Crippen LogP contribution in [0.2, 0.25) is 0 Å². The standard InChI is InChI=1S/C6H11N3/c1-2-9-5-8-4-6(9)3-7-1/h4,6-7H,1-3,5H2. The predicted octanol–water partition coefficient (Wildman–Crippen LogP) is -0.698. The molecule has 50 valence electrons. The molecule has 0 radical (unpaired) electrons. The van der Waals surface area contributed by atoms with Crippen LogP contribution >= 0.6 is 0 Å². The maximum Gasteiger partial charge on any atom is 0.0912 e. The van der Waals surface area contributed by atoms with E-state index in [2.05, 4.69) is 15.2 Å². The number of aliphatic imine (C=N–C) groups is 1. The van der Waals surface area contributed by atoms with Gasteiger partial charge in [-0.25, -0.2) is 0 Å². The minimum atomic E-state index is 0.596. The molecule has 2 aliphatic heterocycles. The highest BCUT2D eigenvalue weighted by Gasteiger charge is 2.22. The summed E-state index contributed by atoms with van der Waals surface area (Å²) in [6.45, 7) is 4.29. The van der Waals surface area contributed by atoms with Crippen molar-refractivity contribution in [3.8, 4) is 0 Å². The molecule has 2 rings (SSSR count). The van der Waals surface area contributed by atoms with Gasteiger partial charge in [0, 0.05) is 25.8 Å². The van der Waals surface area contributed by atoms with E-state index in [0.29, 0.717) is 6.04 Å². The van der Waals surface area contributed by atoms with Gasteiger partial charge in [0.25, 0.3) is 0 Å². The van der Waals surface area contributed by atoms with Gasteiger partial charge in [-0.15, -0.1) is 0 Å². The molecule has 1 fully saturated rings. The zero-order valence-corrected chi connectivity index (χ0v) is 5.38. The fraction of sp³-hybridized carbons (Fsp3) is 0.833. The van der Waals surface area contributed by atoms with Crippen molar-refractivity contribution in [2.75, 3.05) is 26.3 Å². The number of hydrogen-bond acceptors (Lipinski definition) is 3. The summed E-state index contributed by atoms with van der Waals surface area (Å²) in [5, 5.41) is 3.32. The Kier molecular flexibility index (Phi) is 1.24. The van der Waals surface area contributed by atoms with Crippen LogP contribution in [0.4, 0.5) is 0 Å². The van der Waals surface area contributed by atoms with Crippen LogP contribution in [0.15, 0.2) is 4.99 Å². The Bertz CT molecular complexity index is 132. The highest BCUT2D eigenvalue weighted by Crippen LogP contribution is 2.05. The van der Waals surface area contributed by atoms with Crippen LogP contribution in [0.5, 0.6) is 0 Å². The maximum atomic E-state index is 4.19. The molecular formula is C6H11N3. The smallest absolute Gasteiger partial charge is 0.0912 e. The van der Waals surface area contributed by atoms with Crippen molar-refractivity contribution in [3.63, 3.8) is 0 Å². The summed E-state index contributed by atoms with van der Waals surface area (Å²) < 4.78 is 0. The van der Waals surface area contributed by atoms with Gasteiger partial charge < -0.3 is 5.32 Å². The van der Waals surface area contributed by atoms with E-state index in [1.807, 2.05) is 6.21 Å². The minimum absolute atomic E-state index is 0.596. The summed E-state index contributed by atoms with van der Waals surface area (Å²) in [6, 6.07) is 0.596. The maximum absolute atomic E-state index is 4.19. The first kappa shape index (κ1) is 5.38. The molecule has 1 unspecified atom stereocenters. The first-order valence-electron chi connectivity index (χ1n) is 3.41. The molecule has 0 bridgehead atoms. The van der Waals surface area contributed by atoms with Crippen LogP contribution in [0.3, 0.4) is 0 Å². The molecule has 1 saturated heterocycles. The summed E-state index contributed by atoms with van der Waals surface area (Å²) in [6.07, 6.45) is 2.05. The van der Waals surface area contributed by atoms with Gasteiger partial charge in [-0.1, -0.05) is 0 Å². The van der Waals surface area contributed by atoms with Gasteiger partial charge in [0.15, 0.2) is 0 Å². The van der Waals surface area contributed by atoms with Gasteiger partial charge in [0.1, 0.15) is 0 Å². The van der Waals surface area contributed by atoms with Crippen molar-refractivity contribution in [1.82, 2.24) is 10.2 Å². The van der Waals surface area contributed by atoms with E-state index in [9.17, 15) is 0 Å². The molecule has 2 heterocycles. The molecule has 0 saturated carbocycles. The van der Waals surface area contributed by atoms with E-state index in [-0.39, 0.29) is 0 Å².